The Balaban J connectivity index is 2.07. The van der Waals surface area contributed by atoms with Gasteiger partial charge in [-0.1, -0.05) is 22.5 Å². The lowest BCUT2D eigenvalue weighted by Gasteiger charge is -2.34. The first kappa shape index (κ1) is 10.8. The van der Waals surface area contributed by atoms with Gasteiger partial charge in [0.15, 0.2) is 0 Å². The number of benzene rings is 1. The Morgan fingerprint density at radius 1 is 1.53 bits per heavy atom. The fourth-order valence-corrected chi connectivity index (χ4v) is 2.48. The van der Waals surface area contributed by atoms with E-state index >= 15 is 0 Å². The van der Waals surface area contributed by atoms with Crippen LogP contribution in [0.5, 0.6) is 5.75 Å². The van der Waals surface area contributed by atoms with Crippen LogP contribution in [0.4, 0.5) is 5.69 Å². The highest BCUT2D eigenvalue weighted by Crippen LogP contribution is 2.48. The van der Waals surface area contributed by atoms with Gasteiger partial charge in [0.05, 0.1) is 12.2 Å². The molecule has 1 aromatic rings. The van der Waals surface area contributed by atoms with E-state index in [1.54, 1.807) is 4.90 Å². The summed E-state index contributed by atoms with van der Waals surface area (Å²) in [4.78, 5) is 13.6. The molecule has 1 aliphatic carbocycles. The first-order chi connectivity index (χ1) is 8.13. The number of rotatable bonds is 1. The zero-order valence-corrected chi connectivity index (χ0v) is 10.9. The van der Waals surface area contributed by atoms with Crippen LogP contribution in [0.3, 0.4) is 0 Å². The fraction of sp³-hybridized carbons (Fsp3) is 0.308. The normalized spacial score (nSPS) is 19.5. The molecule has 88 valence electrons. The number of carbonyl (C=O) groups excluding carboxylic acids is 1. The van der Waals surface area contributed by atoms with Gasteiger partial charge in [0.25, 0.3) is 5.91 Å². The molecule has 4 heteroatoms. The highest BCUT2D eigenvalue weighted by Gasteiger charge is 2.51. The monoisotopic (exact) mass is 293 g/mol. The second-order valence-electron chi connectivity index (χ2n) is 4.53. The SMILES string of the molecule is C=CC(=O)N1CC2(CC2)Oc2cc(Br)ccc21. The van der Waals surface area contributed by atoms with Crippen molar-refractivity contribution in [1.82, 2.24) is 0 Å². The average molecular weight is 294 g/mol. The predicted molar refractivity (Wildman–Crippen MR) is 69.3 cm³/mol. The Morgan fingerprint density at radius 2 is 2.29 bits per heavy atom. The number of hydrogen-bond acceptors (Lipinski definition) is 2. The minimum Gasteiger partial charge on any atom is -0.483 e. The summed E-state index contributed by atoms with van der Waals surface area (Å²) in [6.45, 7) is 4.18. The maximum Gasteiger partial charge on any atom is 0.250 e. The van der Waals surface area contributed by atoms with Gasteiger partial charge in [0.2, 0.25) is 0 Å². The van der Waals surface area contributed by atoms with Crippen LogP contribution >= 0.6 is 15.9 Å². The van der Waals surface area contributed by atoms with Crippen LogP contribution < -0.4 is 9.64 Å². The summed E-state index contributed by atoms with van der Waals surface area (Å²) in [5, 5.41) is 0. The molecular formula is C13H12BrNO2. The van der Waals surface area contributed by atoms with E-state index in [0.29, 0.717) is 6.54 Å². The minimum atomic E-state index is -0.146. The molecule has 0 atom stereocenters. The van der Waals surface area contributed by atoms with Crippen molar-refractivity contribution < 1.29 is 9.53 Å². The van der Waals surface area contributed by atoms with Crippen molar-refractivity contribution in [2.45, 2.75) is 18.4 Å². The standard InChI is InChI=1S/C13H12BrNO2/c1-2-12(16)15-8-13(5-6-13)17-11-7-9(14)3-4-10(11)15/h2-4,7H,1,5-6,8H2. The molecule has 0 bridgehead atoms. The second-order valence-corrected chi connectivity index (χ2v) is 5.44. The molecule has 1 aromatic carbocycles. The van der Waals surface area contributed by atoms with Crippen LogP contribution in [0, 0.1) is 0 Å². The lowest BCUT2D eigenvalue weighted by Crippen LogP contribution is -2.44. The molecule has 2 aliphatic rings. The number of anilines is 1. The highest BCUT2D eigenvalue weighted by molar-refractivity contribution is 9.10. The summed E-state index contributed by atoms with van der Waals surface area (Å²) in [6, 6.07) is 5.73. The third kappa shape index (κ3) is 1.76. The van der Waals surface area contributed by atoms with Crippen molar-refractivity contribution >= 4 is 27.5 Å². The van der Waals surface area contributed by atoms with E-state index in [4.69, 9.17) is 4.74 Å². The Morgan fingerprint density at radius 3 is 2.94 bits per heavy atom. The van der Waals surface area contributed by atoms with Crippen LogP contribution in [-0.2, 0) is 4.79 Å². The summed E-state index contributed by atoms with van der Waals surface area (Å²) in [6.07, 6.45) is 3.38. The molecule has 0 radical (unpaired) electrons. The Labute approximate surface area is 108 Å². The number of fused-ring (bicyclic) bond motifs is 1. The van der Waals surface area contributed by atoms with E-state index in [-0.39, 0.29) is 11.5 Å². The average Bonchev–Trinajstić information content (AvgIpc) is 3.06. The number of hydrogen-bond donors (Lipinski definition) is 0. The van der Waals surface area contributed by atoms with Gasteiger partial charge in [0.1, 0.15) is 11.4 Å². The van der Waals surface area contributed by atoms with Crippen molar-refractivity contribution in [3.05, 3.63) is 35.3 Å². The Kier molecular flexibility index (Phi) is 2.30. The predicted octanol–water partition coefficient (Wildman–Crippen LogP) is 2.89. The zero-order valence-electron chi connectivity index (χ0n) is 9.28. The van der Waals surface area contributed by atoms with Gasteiger partial charge in [-0.25, -0.2) is 0 Å². The minimum absolute atomic E-state index is 0.0665. The molecule has 0 saturated heterocycles. The number of amides is 1. The molecule has 17 heavy (non-hydrogen) atoms. The highest BCUT2D eigenvalue weighted by atomic mass is 79.9. The summed E-state index contributed by atoms with van der Waals surface area (Å²) in [5.74, 6) is 0.710. The van der Waals surface area contributed by atoms with Crippen molar-refractivity contribution in [3.63, 3.8) is 0 Å². The molecular weight excluding hydrogens is 282 g/mol. The first-order valence-corrected chi connectivity index (χ1v) is 6.35. The third-order valence-corrected chi connectivity index (χ3v) is 3.73. The second kappa shape index (κ2) is 3.60. The van der Waals surface area contributed by atoms with Gasteiger partial charge < -0.3 is 9.64 Å². The number of halogens is 1. The topological polar surface area (TPSA) is 29.5 Å². The summed E-state index contributed by atoms with van der Waals surface area (Å²) in [5.41, 5.74) is 0.683. The van der Waals surface area contributed by atoms with E-state index in [0.717, 1.165) is 28.8 Å². The van der Waals surface area contributed by atoms with E-state index in [9.17, 15) is 4.79 Å². The summed E-state index contributed by atoms with van der Waals surface area (Å²) in [7, 11) is 0. The van der Waals surface area contributed by atoms with E-state index in [1.165, 1.54) is 6.08 Å². The van der Waals surface area contributed by atoms with Gasteiger partial charge in [-0.2, -0.15) is 0 Å². The summed E-state index contributed by atoms with van der Waals surface area (Å²) < 4.78 is 6.94. The molecule has 3 rings (SSSR count). The van der Waals surface area contributed by atoms with E-state index < -0.39 is 0 Å². The number of ether oxygens (including phenoxy) is 1. The van der Waals surface area contributed by atoms with Gasteiger partial charge in [-0.05, 0) is 37.1 Å². The van der Waals surface area contributed by atoms with Gasteiger partial charge in [0, 0.05) is 4.47 Å². The van der Waals surface area contributed by atoms with Crippen LogP contribution in [0.2, 0.25) is 0 Å². The van der Waals surface area contributed by atoms with Gasteiger partial charge >= 0.3 is 0 Å². The number of carbonyl (C=O) groups is 1. The molecule has 0 N–H and O–H groups in total. The molecule has 1 spiro atoms. The molecule has 0 aromatic heterocycles. The van der Waals surface area contributed by atoms with Gasteiger partial charge in [-0.15, -0.1) is 0 Å². The molecule has 0 unspecified atom stereocenters. The van der Waals surface area contributed by atoms with Crippen LogP contribution in [0.1, 0.15) is 12.8 Å². The maximum absolute atomic E-state index is 11.9. The van der Waals surface area contributed by atoms with Gasteiger partial charge in [-0.3, -0.25) is 4.79 Å². The van der Waals surface area contributed by atoms with E-state index in [2.05, 4.69) is 22.5 Å². The number of nitrogens with zero attached hydrogens (tertiary/aromatic N) is 1. The van der Waals surface area contributed by atoms with Crippen molar-refractivity contribution in [3.8, 4) is 5.75 Å². The Hall–Kier alpha value is -1.29. The van der Waals surface area contributed by atoms with Crippen molar-refractivity contribution in [2.75, 3.05) is 11.4 Å². The third-order valence-electron chi connectivity index (χ3n) is 3.23. The van der Waals surface area contributed by atoms with Crippen LogP contribution in [0.25, 0.3) is 0 Å². The molecule has 3 nitrogen and oxygen atoms in total. The smallest absolute Gasteiger partial charge is 0.250 e. The van der Waals surface area contributed by atoms with Crippen molar-refractivity contribution in [1.29, 1.82) is 0 Å². The lowest BCUT2D eigenvalue weighted by atomic mass is 10.1. The summed E-state index contributed by atoms with van der Waals surface area (Å²) >= 11 is 3.42. The molecule has 1 fully saturated rings. The largest absolute Gasteiger partial charge is 0.483 e. The van der Waals surface area contributed by atoms with Crippen LogP contribution in [-0.4, -0.2) is 18.1 Å². The molecule has 1 heterocycles. The van der Waals surface area contributed by atoms with E-state index in [1.807, 2.05) is 18.2 Å². The maximum atomic E-state index is 11.9. The first-order valence-electron chi connectivity index (χ1n) is 5.56. The molecule has 1 amide bonds. The van der Waals surface area contributed by atoms with Crippen molar-refractivity contribution in [2.24, 2.45) is 0 Å². The zero-order chi connectivity index (χ0) is 12.0. The fourth-order valence-electron chi connectivity index (χ4n) is 2.14. The lowest BCUT2D eigenvalue weighted by molar-refractivity contribution is -0.114. The quantitative estimate of drug-likeness (QED) is 0.745. The Bertz CT molecular complexity index is 508. The molecule has 1 saturated carbocycles. The van der Waals surface area contributed by atoms with Crippen LogP contribution in [0.15, 0.2) is 35.3 Å². The molecule has 1 aliphatic heterocycles.